The fraction of sp³-hybridized carbons (Fsp3) is 0.538. The summed E-state index contributed by atoms with van der Waals surface area (Å²) in [5.41, 5.74) is 7.77. The SMILES string of the molecule is COC(C)(C)CCSc1ccc(N)cc1C. The predicted octanol–water partition coefficient (Wildman–Crippen LogP) is 3.48. The smallest absolute Gasteiger partial charge is 0.0630 e. The van der Waals surface area contributed by atoms with Crippen molar-refractivity contribution in [2.24, 2.45) is 0 Å². The molecule has 1 rings (SSSR count). The van der Waals surface area contributed by atoms with Crippen LogP contribution < -0.4 is 5.73 Å². The van der Waals surface area contributed by atoms with Crippen molar-refractivity contribution in [2.75, 3.05) is 18.6 Å². The van der Waals surface area contributed by atoms with Crippen LogP contribution in [0.4, 0.5) is 5.69 Å². The molecule has 0 aromatic heterocycles. The van der Waals surface area contributed by atoms with Crippen molar-refractivity contribution < 1.29 is 4.74 Å². The second kappa shape index (κ2) is 5.60. The van der Waals surface area contributed by atoms with Crippen LogP contribution >= 0.6 is 11.8 Å². The van der Waals surface area contributed by atoms with Crippen molar-refractivity contribution in [2.45, 2.75) is 37.7 Å². The van der Waals surface area contributed by atoms with Crippen LogP contribution in [-0.4, -0.2) is 18.5 Å². The highest BCUT2D eigenvalue weighted by atomic mass is 32.2. The fourth-order valence-electron chi connectivity index (χ4n) is 1.34. The lowest BCUT2D eigenvalue weighted by atomic mass is 10.1. The van der Waals surface area contributed by atoms with E-state index in [-0.39, 0.29) is 5.60 Å². The Morgan fingerprint density at radius 3 is 2.62 bits per heavy atom. The molecule has 16 heavy (non-hydrogen) atoms. The molecule has 0 spiro atoms. The van der Waals surface area contributed by atoms with Gasteiger partial charge in [-0.1, -0.05) is 0 Å². The van der Waals surface area contributed by atoms with Crippen molar-refractivity contribution in [3.05, 3.63) is 23.8 Å². The molecule has 0 unspecified atom stereocenters. The maximum Gasteiger partial charge on any atom is 0.0630 e. The van der Waals surface area contributed by atoms with E-state index in [0.717, 1.165) is 17.9 Å². The van der Waals surface area contributed by atoms with Crippen molar-refractivity contribution in [1.82, 2.24) is 0 Å². The normalized spacial score (nSPS) is 11.8. The van der Waals surface area contributed by atoms with Gasteiger partial charge in [-0.3, -0.25) is 0 Å². The first-order chi connectivity index (χ1) is 7.44. The summed E-state index contributed by atoms with van der Waals surface area (Å²) in [6, 6.07) is 6.07. The number of thioether (sulfide) groups is 1. The van der Waals surface area contributed by atoms with Gasteiger partial charge in [0, 0.05) is 23.4 Å². The first-order valence-electron chi connectivity index (χ1n) is 5.49. The van der Waals surface area contributed by atoms with Crippen molar-refractivity contribution in [3.63, 3.8) is 0 Å². The zero-order valence-corrected chi connectivity index (χ0v) is 11.4. The maximum absolute atomic E-state index is 5.72. The Hall–Kier alpha value is -0.670. The summed E-state index contributed by atoms with van der Waals surface area (Å²) in [6.45, 7) is 6.33. The van der Waals surface area contributed by atoms with Gasteiger partial charge in [0.05, 0.1) is 5.60 Å². The number of rotatable bonds is 5. The predicted molar refractivity (Wildman–Crippen MR) is 72.0 cm³/mol. The lowest BCUT2D eigenvalue weighted by Gasteiger charge is -2.22. The summed E-state index contributed by atoms with van der Waals surface area (Å²) in [4.78, 5) is 1.31. The van der Waals surface area contributed by atoms with Gasteiger partial charge < -0.3 is 10.5 Å². The fourth-order valence-corrected chi connectivity index (χ4v) is 2.61. The molecule has 0 bridgehead atoms. The number of methoxy groups -OCH3 is 1. The van der Waals surface area contributed by atoms with E-state index in [1.54, 1.807) is 7.11 Å². The van der Waals surface area contributed by atoms with Gasteiger partial charge in [0.15, 0.2) is 0 Å². The summed E-state index contributed by atoms with van der Waals surface area (Å²) in [5.74, 6) is 1.06. The van der Waals surface area contributed by atoms with Crippen molar-refractivity contribution in [1.29, 1.82) is 0 Å². The van der Waals surface area contributed by atoms with Crippen LogP contribution in [0.2, 0.25) is 0 Å². The summed E-state index contributed by atoms with van der Waals surface area (Å²) in [6.07, 6.45) is 1.04. The Balaban J connectivity index is 2.49. The zero-order valence-electron chi connectivity index (χ0n) is 10.5. The lowest BCUT2D eigenvalue weighted by Crippen LogP contribution is -2.22. The molecule has 0 aliphatic heterocycles. The summed E-state index contributed by atoms with van der Waals surface area (Å²) in [5, 5.41) is 0. The van der Waals surface area contributed by atoms with Gasteiger partial charge in [-0.25, -0.2) is 0 Å². The number of benzene rings is 1. The Bertz CT molecular complexity index is 350. The van der Waals surface area contributed by atoms with Crippen LogP contribution in [0, 0.1) is 6.92 Å². The van der Waals surface area contributed by atoms with Crippen LogP contribution in [0.5, 0.6) is 0 Å². The molecule has 0 fully saturated rings. The van der Waals surface area contributed by atoms with Gasteiger partial charge in [-0.05, 0) is 51.0 Å². The Labute approximate surface area is 103 Å². The largest absolute Gasteiger partial charge is 0.399 e. The number of nitrogen functional groups attached to an aromatic ring is 1. The molecular weight excluding hydrogens is 218 g/mol. The highest BCUT2D eigenvalue weighted by molar-refractivity contribution is 7.99. The number of hydrogen-bond donors (Lipinski definition) is 1. The molecule has 0 aliphatic carbocycles. The van der Waals surface area contributed by atoms with Crippen molar-refractivity contribution >= 4 is 17.4 Å². The Morgan fingerprint density at radius 1 is 1.38 bits per heavy atom. The van der Waals surface area contributed by atoms with E-state index in [1.165, 1.54) is 10.5 Å². The van der Waals surface area contributed by atoms with E-state index in [9.17, 15) is 0 Å². The quantitative estimate of drug-likeness (QED) is 0.631. The molecule has 0 heterocycles. The third-order valence-electron chi connectivity index (χ3n) is 2.71. The minimum Gasteiger partial charge on any atom is -0.399 e. The first-order valence-corrected chi connectivity index (χ1v) is 6.47. The third-order valence-corrected chi connectivity index (χ3v) is 3.89. The van der Waals surface area contributed by atoms with E-state index in [1.807, 2.05) is 23.9 Å². The topological polar surface area (TPSA) is 35.2 Å². The molecule has 0 amide bonds. The summed E-state index contributed by atoms with van der Waals surface area (Å²) in [7, 11) is 1.76. The highest BCUT2D eigenvalue weighted by Gasteiger charge is 2.15. The van der Waals surface area contributed by atoms with Gasteiger partial charge in [0.2, 0.25) is 0 Å². The van der Waals surface area contributed by atoms with Crippen LogP contribution in [0.25, 0.3) is 0 Å². The van der Waals surface area contributed by atoms with E-state index in [4.69, 9.17) is 10.5 Å². The minimum absolute atomic E-state index is 0.0330. The molecular formula is C13H21NOS. The molecule has 2 nitrogen and oxygen atoms in total. The zero-order chi connectivity index (χ0) is 12.2. The molecule has 0 radical (unpaired) electrons. The van der Waals surface area contributed by atoms with E-state index in [0.29, 0.717) is 0 Å². The molecule has 0 atom stereocenters. The molecule has 1 aromatic carbocycles. The van der Waals surface area contributed by atoms with Gasteiger partial charge in [-0.15, -0.1) is 11.8 Å². The Morgan fingerprint density at radius 2 is 2.06 bits per heavy atom. The number of hydrogen-bond acceptors (Lipinski definition) is 3. The molecule has 1 aromatic rings. The minimum atomic E-state index is -0.0330. The molecule has 90 valence electrons. The van der Waals surface area contributed by atoms with Crippen LogP contribution in [0.3, 0.4) is 0 Å². The first kappa shape index (κ1) is 13.4. The molecule has 3 heteroatoms. The number of ether oxygens (including phenoxy) is 1. The van der Waals surface area contributed by atoms with Crippen LogP contribution in [0.1, 0.15) is 25.8 Å². The van der Waals surface area contributed by atoms with Crippen LogP contribution in [-0.2, 0) is 4.74 Å². The second-order valence-corrected chi connectivity index (χ2v) is 5.72. The summed E-state index contributed by atoms with van der Waals surface area (Å²) < 4.78 is 5.39. The maximum atomic E-state index is 5.72. The van der Waals surface area contributed by atoms with Crippen LogP contribution in [0.15, 0.2) is 23.1 Å². The summed E-state index contributed by atoms with van der Waals surface area (Å²) >= 11 is 1.86. The highest BCUT2D eigenvalue weighted by Crippen LogP contribution is 2.27. The van der Waals surface area contributed by atoms with E-state index >= 15 is 0 Å². The number of anilines is 1. The number of nitrogens with two attached hydrogens (primary N) is 1. The number of aryl methyl sites for hydroxylation is 1. The van der Waals surface area contributed by atoms with Gasteiger partial charge in [-0.2, -0.15) is 0 Å². The van der Waals surface area contributed by atoms with E-state index in [2.05, 4.69) is 26.8 Å². The molecule has 0 saturated carbocycles. The standard InChI is InChI=1S/C13H21NOS/c1-10-9-11(14)5-6-12(10)16-8-7-13(2,3)15-4/h5-6,9H,7-8,14H2,1-4H3. The third kappa shape index (κ3) is 4.06. The monoisotopic (exact) mass is 239 g/mol. The van der Waals surface area contributed by atoms with Crippen molar-refractivity contribution in [3.8, 4) is 0 Å². The lowest BCUT2D eigenvalue weighted by molar-refractivity contribution is 0.0207. The average molecular weight is 239 g/mol. The molecule has 0 aliphatic rings. The molecule has 0 saturated heterocycles. The van der Waals surface area contributed by atoms with Gasteiger partial charge in [0.25, 0.3) is 0 Å². The second-order valence-electron chi connectivity index (χ2n) is 4.59. The molecule has 2 N–H and O–H groups in total. The van der Waals surface area contributed by atoms with Gasteiger partial charge in [0.1, 0.15) is 0 Å². The van der Waals surface area contributed by atoms with Gasteiger partial charge >= 0.3 is 0 Å². The van der Waals surface area contributed by atoms with E-state index < -0.39 is 0 Å². The Kier molecular flexibility index (Phi) is 4.69. The average Bonchev–Trinajstić information content (AvgIpc) is 2.21.